The highest BCUT2D eigenvalue weighted by atomic mass is 16.3. The fourth-order valence-electron chi connectivity index (χ4n) is 3.60. The molecule has 7 heteroatoms. The lowest BCUT2D eigenvalue weighted by molar-refractivity contribution is -0.118. The van der Waals surface area contributed by atoms with Crippen molar-refractivity contribution in [3.05, 3.63) is 95.6 Å². The van der Waals surface area contributed by atoms with E-state index in [0.717, 1.165) is 11.1 Å². The van der Waals surface area contributed by atoms with Crippen LogP contribution in [-0.4, -0.2) is 30.1 Å². The largest absolute Gasteiger partial charge is 0.397 e. The number of carbonyl (C=O) groups is 2. The molecule has 36 heavy (non-hydrogen) atoms. The fraction of sp³-hybridized carbons (Fsp3) is 0.241. The molecule has 0 spiro atoms. The van der Waals surface area contributed by atoms with Crippen LogP contribution in [0.2, 0.25) is 0 Å². The highest BCUT2D eigenvalue weighted by Gasteiger charge is 2.20. The van der Waals surface area contributed by atoms with Crippen molar-refractivity contribution in [3.63, 3.8) is 0 Å². The van der Waals surface area contributed by atoms with Gasteiger partial charge in [-0.3, -0.25) is 14.9 Å². The van der Waals surface area contributed by atoms with Crippen molar-refractivity contribution < 1.29 is 14.7 Å². The van der Waals surface area contributed by atoms with E-state index in [4.69, 9.17) is 5.73 Å². The Balaban J connectivity index is 1.67. The number of para-hydroxylation sites is 2. The molecule has 1 atom stereocenters. The minimum absolute atomic E-state index is 0.0273. The Morgan fingerprint density at radius 2 is 1.61 bits per heavy atom. The van der Waals surface area contributed by atoms with Crippen LogP contribution in [0.5, 0.6) is 0 Å². The molecule has 0 radical (unpaired) electrons. The van der Waals surface area contributed by atoms with Crippen LogP contribution in [-0.2, 0) is 15.0 Å². The summed E-state index contributed by atoms with van der Waals surface area (Å²) in [5.74, 6) is -0.522. The van der Waals surface area contributed by atoms with Gasteiger partial charge in [0, 0.05) is 18.3 Å². The molecular weight excluding hydrogens is 452 g/mol. The van der Waals surface area contributed by atoms with E-state index in [2.05, 4.69) is 36.7 Å². The molecule has 3 aromatic carbocycles. The number of nitrogens with two attached hydrogens (primary N) is 1. The number of nitrogen functional groups attached to an aromatic ring is 1. The summed E-state index contributed by atoms with van der Waals surface area (Å²) in [5, 5.41) is 18.1. The molecular formula is C29H34N4O3. The van der Waals surface area contributed by atoms with Crippen LogP contribution in [0.25, 0.3) is 6.08 Å². The lowest BCUT2D eigenvalue weighted by atomic mass is 9.87. The fourth-order valence-corrected chi connectivity index (χ4v) is 3.60. The average Bonchev–Trinajstić information content (AvgIpc) is 2.85. The maximum atomic E-state index is 13.1. The van der Waals surface area contributed by atoms with Crippen molar-refractivity contribution in [2.24, 2.45) is 0 Å². The Labute approximate surface area is 212 Å². The molecule has 0 heterocycles. The standard InChI is InChI=1S/C29H34N4O3/c1-29(2,3)22-13-15-23(16-14-22)32-28(36)27(31-18-19-34)21-11-8-20(9-12-21)10-17-26(35)33-25-7-5-4-6-24(25)30/h4-17,27,31,34H,18-19,30H2,1-3H3,(H,32,36)(H,33,35)/b17-10+. The van der Waals surface area contributed by atoms with E-state index in [-0.39, 0.29) is 30.4 Å². The maximum Gasteiger partial charge on any atom is 0.248 e. The molecule has 0 aliphatic carbocycles. The van der Waals surface area contributed by atoms with Gasteiger partial charge in [0.25, 0.3) is 0 Å². The monoisotopic (exact) mass is 486 g/mol. The highest BCUT2D eigenvalue weighted by molar-refractivity contribution is 6.03. The SMILES string of the molecule is CC(C)(C)c1ccc(NC(=O)C(NCCO)c2ccc(/C=C/C(=O)Nc3ccccc3N)cc2)cc1. The molecule has 3 aromatic rings. The molecule has 2 amide bonds. The number of hydrogen-bond donors (Lipinski definition) is 5. The molecule has 0 aliphatic rings. The number of aliphatic hydroxyl groups excluding tert-OH is 1. The summed E-state index contributed by atoms with van der Waals surface area (Å²) in [5.41, 5.74) is 10.4. The second kappa shape index (κ2) is 12.2. The molecule has 7 nitrogen and oxygen atoms in total. The lowest BCUT2D eigenvalue weighted by Gasteiger charge is -2.21. The van der Waals surface area contributed by atoms with Crippen molar-refractivity contribution in [2.45, 2.75) is 32.2 Å². The van der Waals surface area contributed by atoms with Gasteiger partial charge >= 0.3 is 0 Å². The first-order valence-electron chi connectivity index (χ1n) is 11.9. The highest BCUT2D eigenvalue weighted by Crippen LogP contribution is 2.24. The molecule has 1 unspecified atom stereocenters. The Morgan fingerprint density at radius 3 is 2.22 bits per heavy atom. The summed E-state index contributed by atoms with van der Waals surface area (Å²) in [7, 11) is 0. The number of anilines is 3. The van der Waals surface area contributed by atoms with Crippen LogP contribution in [0.1, 0.15) is 43.5 Å². The number of nitrogens with one attached hydrogen (secondary N) is 3. The predicted octanol–water partition coefficient (Wildman–Crippen LogP) is 4.48. The van der Waals surface area contributed by atoms with Gasteiger partial charge in [0.1, 0.15) is 6.04 Å². The van der Waals surface area contributed by atoms with Crippen LogP contribution in [0.3, 0.4) is 0 Å². The van der Waals surface area contributed by atoms with Gasteiger partial charge in [0.2, 0.25) is 11.8 Å². The zero-order chi connectivity index (χ0) is 26.1. The normalized spacial score (nSPS) is 12.3. The number of hydrogen-bond acceptors (Lipinski definition) is 5. The number of benzene rings is 3. The van der Waals surface area contributed by atoms with Crippen LogP contribution < -0.4 is 21.7 Å². The number of aliphatic hydroxyl groups is 1. The minimum Gasteiger partial charge on any atom is -0.397 e. The molecule has 0 fully saturated rings. The predicted molar refractivity (Wildman–Crippen MR) is 147 cm³/mol. The van der Waals surface area contributed by atoms with Gasteiger partial charge in [0.05, 0.1) is 18.0 Å². The molecule has 6 N–H and O–H groups in total. The zero-order valence-electron chi connectivity index (χ0n) is 20.9. The van der Waals surface area contributed by atoms with E-state index < -0.39 is 6.04 Å². The third-order valence-electron chi connectivity index (χ3n) is 5.66. The number of rotatable bonds is 9. The van der Waals surface area contributed by atoms with Gasteiger partial charge in [-0.1, -0.05) is 69.3 Å². The minimum atomic E-state index is -0.651. The van der Waals surface area contributed by atoms with E-state index in [0.29, 0.717) is 17.1 Å². The van der Waals surface area contributed by atoms with Crippen LogP contribution in [0, 0.1) is 0 Å². The van der Waals surface area contributed by atoms with Gasteiger partial charge in [0.15, 0.2) is 0 Å². The number of amides is 2. The van der Waals surface area contributed by atoms with E-state index in [1.807, 2.05) is 48.5 Å². The van der Waals surface area contributed by atoms with Crippen LogP contribution in [0.4, 0.5) is 17.1 Å². The topological polar surface area (TPSA) is 116 Å². The first-order valence-corrected chi connectivity index (χ1v) is 11.9. The summed E-state index contributed by atoms with van der Waals surface area (Å²) in [6, 6.07) is 21.5. The molecule has 0 aromatic heterocycles. The zero-order valence-corrected chi connectivity index (χ0v) is 20.9. The van der Waals surface area contributed by atoms with E-state index in [1.54, 1.807) is 30.3 Å². The van der Waals surface area contributed by atoms with Gasteiger partial charge in [-0.05, 0) is 52.4 Å². The van der Waals surface area contributed by atoms with Crippen molar-refractivity contribution in [1.29, 1.82) is 0 Å². The summed E-state index contributed by atoms with van der Waals surface area (Å²) >= 11 is 0. The Kier molecular flexibility index (Phi) is 9.00. The van der Waals surface area contributed by atoms with Gasteiger partial charge in [-0.2, -0.15) is 0 Å². The second-order valence-electron chi connectivity index (χ2n) is 9.50. The van der Waals surface area contributed by atoms with Gasteiger partial charge < -0.3 is 21.5 Å². The third kappa shape index (κ3) is 7.53. The van der Waals surface area contributed by atoms with E-state index in [1.165, 1.54) is 11.6 Å². The Hall–Kier alpha value is -3.94. The van der Waals surface area contributed by atoms with E-state index in [9.17, 15) is 14.7 Å². The second-order valence-corrected chi connectivity index (χ2v) is 9.50. The molecule has 0 aliphatic heterocycles. The smallest absolute Gasteiger partial charge is 0.248 e. The van der Waals surface area contributed by atoms with Crippen LogP contribution >= 0.6 is 0 Å². The number of carbonyl (C=O) groups excluding carboxylic acids is 2. The van der Waals surface area contributed by atoms with Crippen molar-refractivity contribution in [2.75, 3.05) is 29.5 Å². The van der Waals surface area contributed by atoms with Gasteiger partial charge in [-0.25, -0.2) is 0 Å². The first kappa shape index (κ1) is 26.7. The summed E-state index contributed by atoms with van der Waals surface area (Å²) in [6.07, 6.45) is 3.11. The lowest BCUT2D eigenvalue weighted by Crippen LogP contribution is -2.34. The first-order chi connectivity index (χ1) is 17.2. The van der Waals surface area contributed by atoms with Crippen molar-refractivity contribution in [1.82, 2.24) is 5.32 Å². The van der Waals surface area contributed by atoms with E-state index >= 15 is 0 Å². The molecule has 0 saturated heterocycles. The molecule has 0 bridgehead atoms. The molecule has 0 saturated carbocycles. The summed E-state index contributed by atoms with van der Waals surface area (Å²) < 4.78 is 0. The summed E-state index contributed by atoms with van der Waals surface area (Å²) in [6.45, 7) is 6.59. The summed E-state index contributed by atoms with van der Waals surface area (Å²) in [4.78, 5) is 25.3. The van der Waals surface area contributed by atoms with Crippen molar-refractivity contribution >= 4 is 35.0 Å². The Bertz CT molecular complexity index is 1200. The quantitative estimate of drug-likeness (QED) is 0.226. The van der Waals surface area contributed by atoms with Crippen molar-refractivity contribution in [3.8, 4) is 0 Å². The molecule has 3 rings (SSSR count). The Morgan fingerprint density at radius 1 is 0.944 bits per heavy atom. The maximum absolute atomic E-state index is 13.1. The van der Waals surface area contributed by atoms with Gasteiger partial charge in [-0.15, -0.1) is 0 Å². The molecule has 188 valence electrons. The average molecular weight is 487 g/mol. The van der Waals surface area contributed by atoms with Crippen LogP contribution in [0.15, 0.2) is 78.9 Å². The third-order valence-corrected chi connectivity index (χ3v) is 5.66.